The van der Waals surface area contributed by atoms with Gasteiger partial charge in [-0.05, 0) is 48.5 Å². The second kappa shape index (κ2) is 4.94. The summed E-state index contributed by atoms with van der Waals surface area (Å²) in [4.78, 5) is 13.2. The number of fused-ring (bicyclic) bond motifs is 3. The van der Waals surface area contributed by atoms with Crippen LogP contribution in [0.3, 0.4) is 0 Å². The summed E-state index contributed by atoms with van der Waals surface area (Å²) in [5.41, 5.74) is -1.82. The van der Waals surface area contributed by atoms with Crippen LogP contribution < -0.4 is 0 Å². The van der Waals surface area contributed by atoms with Gasteiger partial charge in [-0.1, -0.05) is 27.4 Å². The van der Waals surface area contributed by atoms with Crippen LogP contribution in [0.15, 0.2) is 12.2 Å². The van der Waals surface area contributed by atoms with Gasteiger partial charge in [0.1, 0.15) is 0 Å². The second-order valence-electron chi connectivity index (χ2n) is 9.83. The van der Waals surface area contributed by atoms with E-state index in [9.17, 15) is 25.2 Å². The van der Waals surface area contributed by atoms with Crippen molar-refractivity contribution in [3.8, 4) is 0 Å². The lowest BCUT2D eigenvalue weighted by molar-refractivity contribution is -0.261. The molecule has 9 atom stereocenters. The topological polar surface area (TPSA) is 98.0 Å². The molecule has 4 saturated carbocycles. The average molecular weight is 350 g/mol. The molecular weight excluding hydrogens is 320 g/mol. The van der Waals surface area contributed by atoms with Gasteiger partial charge in [-0.3, -0.25) is 4.79 Å². The number of Topliss-reactive ketones (excluding diaryl/α,β-unsaturated/α-hetero) is 1. The van der Waals surface area contributed by atoms with E-state index in [-0.39, 0.29) is 22.7 Å². The first-order valence-electron chi connectivity index (χ1n) is 9.46. The molecule has 4 fully saturated rings. The molecule has 2 bridgehead atoms. The van der Waals surface area contributed by atoms with E-state index in [2.05, 4.69) is 20.4 Å². The number of carbonyl (C=O) groups is 1. The Morgan fingerprint density at radius 3 is 2.28 bits per heavy atom. The molecule has 5 unspecified atom stereocenters. The van der Waals surface area contributed by atoms with Crippen LogP contribution in [-0.4, -0.2) is 50.6 Å². The van der Waals surface area contributed by atoms with Gasteiger partial charge in [0, 0.05) is 11.3 Å². The molecule has 0 aromatic carbocycles. The molecule has 0 aliphatic heterocycles. The van der Waals surface area contributed by atoms with E-state index in [1.165, 1.54) is 0 Å². The van der Waals surface area contributed by atoms with Crippen LogP contribution in [0.2, 0.25) is 0 Å². The molecule has 5 heteroatoms. The van der Waals surface area contributed by atoms with Crippen LogP contribution in [0.5, 0.6) is 0 Å². The van der Waals surface area contributed by atoms with E-state index in [4.69, 9.17) is 0 Å². The molecule has 0 radical (unpaired) electrons. The average Bonchev–Trinajstić information content (AvgIpc) is 2.66. The Labute approximate surface area is 148 Å². The molecule has 1 spiro atoms. The highest BCUT2D eigenvalue weighted by molar-refractivity contribution is 6.04. The normalized spacial score (nSPS) is 57.2. The fourth-order valence-corrected chi connectivity index (χ4v) is 7.33. The smallest absolute Gasteiger partial charge is 0.170 e. The lowest BCUT2D eigenvalue weighted by atomic mass is 9.39. The molecule has 5 nitrogen and oxygen atoms in total. The van der Waals surface area contributed by atoms with Crippen molar-refractivity contribution in [3.05, 3.63) is 12.2 Å². The minimum absolute atomic E-state index is 0.0204. The van der Waals surface area contributed by atoms with Crippen LogP contribution in [0.4, 0.5) is 0 Å². The number of aliphatic hydroxyl groups excluding tert-OH is 4. The van der Waals surface area contributed by atoms with E-state index in [1.807, 2.05) is 6.92 Å². The van der Waals surface area contributed by atoms with Gasteiger partial charge in [0.25, 0.3) is 0 Å². The number of carbonyl (C=O) groups excluding carboxylic acids is 1. The maximum atomic E-state index is 13.2. The van der Waals surface area contributed by atoms with Crippen molar-refractivity contribution in [1.29, 1.82) is 0 Å². The third kappa shape index (κ3) is 1.76. The summed E-state index contributed by atoms with van der Waals surface area (Å²) in [5, 5.41) is 43.8. The molecule has 0 aromatic heterocycles. The Bertz CT molecular complexity index is 642. The first-order valence-corrected chi connectivity index (χ1v) is 9.46. The van der Waals surface area contributed by atoms with E-state index in [1.54, 1.807) is 0 Å². The van der Waals surface area contributed by atoms with Gasteiger partial charge >= 0.3 is 0 Å². The van der Waals surface area contributed by atoms with Crippen LogP contribution in [0.1, 0.15) is 46.5 Å². The van der Waals surface area contributed by atoms with Crippen molar-refractivity contribution in [2.45, 2.75) is 70.9 Å². The summed E-state index contributed by atoms with van der Waals surface area (Å²) >= 11 is 0. The predicted octanol–water partition coefficient (Wildman–Crippen LogP) is 1.04. The Balaban J connectivity index is 1.93. The molecule has 25 heavy (non-hydrogen) atoms. The standard InChI is InChI=1S/C20H30O5/c1-9-15-10(21)7-12-19(4)11(18(2,3)6-5-13(19)22)8-14(23)20(12,16(9)24)17(15)25/h10-15,17,21-23,25H,1,5-8H2,2-4H3/t10?,11-,12+,13?,14?,15?,17?,19-,20+/m1/s1. The summed E-state index contributed by atoms with van der Waals surface area (Å²) in [6, 6.07) is 0. The number of hydrogen-bond acceptors (Lipinski definition) is 5. The minimum atomic E-state index is -1.33. The molecule has 0 heterocycles. The van der Waals surface area contributed by atoms with Crippen LogP contribution in [0, 0.1) is 34.0 Å². The van der Waals surface area contributed by atoms with E-state index in [0.717, 1.165) is 6.42 Å². The molecule has 140 valence electrons. The third-order valence-electron chi connectivity index (χ3n) is 8.62. The van der Waals surface area contributed by atoms with Crippen molar-refractivity contribution < 1.29 is 25.2 Å². The molecule has 0 saturated heterocycles. The highest BCUT2D eigenvalue weighted by Crippen LogP contribution is 2.70. The Kier molecular flexibility index (Phi) is 3.49. The fourth-order valence-electron chi connectivity index (χ4n) is 7.33. The van der Waals surface area contributed by atoms with Gasteiger partial charge in [0.15, 0.2) is 5.78 Å². The van der Waals surface area contributed by atoms with Gasteiger partial charge < -0.3 is 20.4 Å². The maximum absolute atomic E-state index is 13.2. The zero-order chi connectivity index (χ0) is 18.5. The first-order chi connectivity index (χ1) is 11.5. The minimum Gasteiger partial charge on any atom is -0.393 e. The van der Waals surface area contributed by atoms with Crippen LogP contribution in [0.25, 0.3) is 0 Å². The number of rotatable bonds is 0. The van der Waals surface area contributed by atoms with Crippen molar-refractivity contribution in [3.63, 3.8) is 0 Å². The Morgan fingerprint density at radius 2 is 1.64 bits per heavy atom. The lowest BCUT2D eigenvalue weighted by Gasteiger charge is -2.66. The van der Waals surface area contributed by atoms with Gasteiger partial charge in [-0.25, -0.2) is 0 Å². The lowest BCUT2D eigenvalue weighted by Crippen LogP contribution is -2.71. The third-order valence-corrected chi connectivity index (χ3v) is 8.62. The maximum Gasteiger partial charge on any atom is 0.170 e. The summed E-state index contributed by atoms with van der Waals surface area (Å²) in [6.45, 7) is 10.1. The molecule has 0 aromatic rings. The zero-order valence-corrected chi connectivity index (χ0v) is 15.3. The van der Waals surface area contributed by atoms with Gasteiger partial charge in [0.2, 0.25) is 0 Å². The van der Waals surface area contributed by atoms with Gasteiger partial charge in [0.05, 0.1) is 29.8 Å². The molecular formula is C20H30O5. The number of hydrogen-bond donors (Lipinski definition) is 4. The molecule has 0 amide bonds. The SMILES string of the molecule is C=C1C(=O)[C@@]23C(O)C[C@@H]4C(C)(C)CCC(O)[C@@]4(C)[C@@H]2CC(O)C1C3O. The van der Waals surface area contributed by atoms with Crippen LogP contribution >= 0.6 is 0 Å². The van der Waals surface area contributed by atoms with E-state index < -0.39 is 47.1 Å². The van der Waals surface area contributed by atoms with Crippen molar-refractivity contribution in [1.82, 2.24) is 0 Å². The van der Waals surface area contributed by atoms with E-state index >= 15 is 0 Å². The molecule has 4 aliphatic rings. The quantitative estimate of drug-likeness (QED) is 0.489. The fraction of sp³-hybridized carbons (Fsp3) is 0.850. The predicted molar refractivity (Wildman–Crippen MR) is 91.4 cm³/mol. The largest absolute Gasteiger partial charge is 0.393 e. The van der Waals surface area contributed by atoms with Gasteiger partial charge in [-0.15, -0.1) is 0 Å². The van der Waals surface area contributed by atoms with Crippen LogP contribution in [-0.2, 0) is 4.79 Å². The van der Waals surface area contributed by atoms with Crippen molar-refractivity contribution >= 4 is 5.78 Å². The number of ketones is 1. The molecule has 4 N–H and O–H groups in total. The van der Waals surface area contributed by atoms with Crippen molar-refractivity contribution in [2.75, 3.05) is 0 Å². The second-order valence-corrected chi connectivity index (χ2v) is 9.83. The summed E-state index contributed by atoms with van der Waals surface area (Å²) < 4.78 is 0. The monoisotopic (exact) mass is 350 g/mol. The summed E-state index contributed by atoms with van der Waals surface area (Å²) in [7, 11) is 0. The van der Waals surface area contributed by atoms with Gasteiger partial charge in [-0.2, -0.15) is 0 Å². The number of aliphatic hydroxyl groups is 4. The molecule has 4 rings (SSSR count). The Hall–Kier alpha value is -0.750. The van der Waals surface area contributed by atoms with Crippen molar-refractivity contribution in [2.24, 2.45) is 34.0 Å². The van der Waals surface area contributed by atoms with E-state index in [0.29, 0.717) is 19.3 Å². The highest BCUT2D eigenvalue weighted by Gasteiger charge is 2.76. The highest BCUT2D eigenvalue weighted by atomic mass is 16.3. The Morgan fingerprint density at radius 1 is 1.00 bits per heavy atom. The summed E-state index contributed by atoms with van der Waals surface area (Å²) in [6.07, 6.45) is -1.41. The first kappa shape index (κ1) is 17.7. The zero-order valence-electron chi connectivity index (χ0n) is 15.3. The summed E-state index contributed by atoms with van der Waals surface area (Å²) in [5.74, 6) is -1.45. The molecule has 4 aliphatic carbocycles.